The molecule has 0 aromatic carbocycles. The third kappa shape index (κ3) is 3.61. The van der Waals surface area contributed by atoms with Gasteiger partial charge >= 0.3 is 0 Å². The lowest BCUT2D eigenvalue weighted by Gasteiger charge is -2.26. The second-order valence-corrected chi connectivity index (χ2v) is 9.81. The van der Waals surface area contributed by atoms with E-state index in [1.807, 2.05) is 21.3 Å². The first kappa shape index (κ1) is 20.1. The normalized spacial score (nSPS) is 17.8. The average molecular weight is 416 g/mol. The summed E-state index contributed by atoms with van der Waals surface area (Å²) in [7, 11) is 0. The molecule has 1 aliphatic rings. The number of halogens is 1. The van der Waals surface area contributed by atoms with E-state index in [-0.39, 0.29) is 11.5 Å². The highest BCUT2D eigenvalue weighted by Crippen LogP contribution is 2.40. The number of hydrogen-bond acceptors (Lipinski definition) is 5. The summed E-state index contributed by atoms with van der Waals surface area (Å²) >= 11 is 6.80. The van der Waals surface area contributed by atoms with Crippen LogP contribution in [0.25, 0.3) is 5.65 Å². The minimum absolute atomic E-state index is 0.132. The van der Waals surface area contributed by atoms with Gasteiger partial charge in [0.1, 0.15) is 11.0 Å². The fourth-order valence-electron chi connectivity index (χ4n) is 4.15. The van der Waals surface area contributed by atoms with Gasteiger partial charge in [0.15, 0.2) is 11.5 Å². The molecule has 3 aromatic rings. The van der Waals surface area contributed by atoms with Crippen molar-refractivity contribution in [2.24, 2.45) is 5.92 Å². The molecule has 0 saturated carbocycles. The van der Waals surface area contributed by atoms with Crippen molar-refractivity contribution in [3.8, 4) is 0 Å². The molecule has 1 fully saturated rings. The van der Waals surface area contributed by atoms with E-state index in [1.54, 1.807) is 0 Å². The Hall–Kier alpha value is -2.15. The van der Waals surface area contributed by atoms with Gasteiger partial charge in [-0.15, -0.1) is 15.3 Å². The van der Waals surface area contributed by atoms with E-state index in [0.717, 1.165) is 59.6 Å². The Labute approximate surface area is 177 Å². The van der Waals surface area contributed by atoms with Crippen LogP contribution in [0, 0.1) is 12.8 Å². The summed E-state index contributed by atoms with van der Waals surface area (Å²) in [5.41, 5.74) is 2.78. The van der Waals surface area contributed by atoms with Crippen LogP contribution in [0.1, 0.15) is 70.6 Å². The SMILES string of the molecule is Cc1nn(CC(C)C)c(Cl)c1C1CCCN1c1ccc2nnc(C(C)(C)C)n2n1. The van der Waals surface area contributed by atoms with Gasteiger partial charge in [-0.2, -0.15) is 9.61 Å². The standard InChI is InChI=1S/C21H30ClN7/c1-13(2)12-28-19(22)18(14(3)25-28)15-8-7-11-27(15)17-10-9-16-23-24-20(21(4,5)6)29(16)26-17/h9-10,13,15H,7-8,11-12H2,1-6H3. The van der Waals surface area contributed by atoms with Crippen molar-refractivity contribution in [2.75, 3.05) is 11.4 Å². The minimum Gasteiger partial charge on any atom is -0.348 e. The molecule has 1 saturated heterocycles. The maximum atomic E-state index is 6.80. The van der Waals surface area contributed by atoms with Crippen molar-refractivity contribution in [2.45, 2.75) is 72.4 Å². The van der Waals surface area contributed by atoms with Crippen LogP contribution in [0.4, 0.5) is 5.82 Å². The maximum absolute atomic E-state index is 6.80. The molecule has 0 spiro atoms. The monoisotopic (exact) mass is 415 g/mol. The Morgan fingerprint density at radius 1 is 1.17 bits per heavy atom. The molecular weight excluding hydrogens is 386 g/mol. The largest absolute Gasteiger partial charge is 0.348 e. The average Bonchev–Trinajstić information content (AvgIpc) is 3.31. The van der Waals surface area contributed by atoms with Crippen LogP contribution in [0.2, 0.25) is 5.15 Å². The third-order valence-electron chi connectivity index (χ3n) is 5.45. The Morgan fingerprint density at radius 2 is 1.93 bits per heavy atom. The number of aryl methyl sites for hydroxylation is 1. The van der Waals surface area contributed by atoms with Gasteiger partial charge in [-0.05, 0) is 37.8 Å². The lowest BCUT2D eigenvalue weighted by molar-refractivity contribution is 0.481. The van der Waals surface area contributed by atoms with Gasteiger partial charge in [0, 0.05) is 24.1 Å². The Balaban J connectivity index is 1.74. The molecule has 0 aliphatic carbocycles. The number of nitrogens with zero attached hydrogens (tertiary/aromatic N) is 7. The van der Waals surface area contributed by atoms with Crippen molar-refractivity contribution in [1.29, 1.82) is 0 Å². The van der Waals surface area contributed by atoms with E-state index in [2.05, 4.69) is 56.6 Å². The number of anilines is 1. The van der Waals surface area contributed by atoms with Crippen molar-refractivity contribution in [1.82, 2.24) is 29.6 Å². The van der Waals surface area contributed by atoms with Crippen molar-refractivity contribution in [3.63, 3.8) is 0 Å². The van der Waals surface area contributed by atoms with Crippen LogP contribution in [0.5, 0.6) is 0 Å². The van der Waals surface area contributed by atoms with Crippen LogP contribution < -0.4 is 4.90 Å². The van der Waals surface area contributed by atoms with Gasteiger partial charge in [0.05, 0.1) is 11.7 Å². The van der Waals surface area contributed by atoms with E-state index >= 15 is 0 Å². The number of hydrogen-bond donors (Lipinski definition) is 0. The highest BCUT2D eigenvalue weighted by molar-refractivity contribution is 6.30. The third-order valence-corrected chi connectivity index (χ3v) is 5.85. The lowest BCUT2D eigenvalue weighted by atomic mass is 9.96. The summed E-state index contributed by atoms with van der Waals surface area (Å²) < 4.78 is 3.82. The fourth-order valence-corrected chi connectivity index (χ4v) is 4.52. The Morgan fingerprint density at radius 3 is 2.62 bits per heavy atom. The van der Waals surface area contributed by atoms with Crippen molar-refractivity contribution >= 4 is 23.1 Å². The van der Waals surface area contributed by atoms with Crippen molar-refractivity contribution < 1.29 is 0 Å². The molecule has 4 rings (SSSR count). The Kier molecular flexibility index (Phi) is 5.05. The highest BCUT2D eigenvalue weighted by atomic mass is 35.5. The first-order valence-electron chi connectivity index (χ1n) is 10.4. The van der Waals surface area contributed by atoms with Crippen LogP contribution in [0.3, 0.4) is 0 Å². The fraction of sp³-hybridized carbons (Fsp3) is 0.619. The second-order valence-electron chi connectivity index (χ2n) is 9.45. The molecule has 0 amide bonds. The molecule has 4 heterocycles. The summed E-state index contributed by atoms with van der Waals surface area (Å²) in [4.78, 5) is 2.35. The lowest BCUT2D eigenvalue weighted by Crippen LogP contribution is -2.25. The van der Waals surface area contributed by atoms with Gasteiger partial charge in [0.2, 0.25) is 0 Å². The molecule has 1 unspecified atom stereocenters. The molecule has 0 N–H and O–H groups in total. The van der Waals surface area contributed by atoms with Crippen LogP contribution in [-0.2, 0) is 12.0 Å². The highest BCUT2D eigenvalue weighted by Gasteiger charge is 2.33. The van der Waals surface area contributed by atoms with Gasteiger partial charge in [-0.25, -0.2) is 0 Å². The zero-order chi connectivity index (χ0) is 20.9. The molecule has 3 aromatic heterocycles. The Bertz CT molecular complexity index is 1030. The van der Waals surface area contributed by atoms with E-state index in [4.69, 9.17) is 21.8 Å². The molecule has 7 nitrogen and oxygen atoms in total. The van der Waals surface area contributed by atoms with Gasteiger partial charge < -0.3 is 4.90 Å². The van der Waals surface area contributed by atoms with Crippen LogP contribution in [0.15, 0.2) is 12.1 Å². The summed E-state index contributed by atoms with van der Waals surface area (Å²) in [6.45, 7) is 14.6. The molecule has 0 radical (unpaired) electrons. The molecular formula is C21H30ClN7. The smallest absolute Gasteiger partial charge is 0.178 e. The second kappa shape index (κ2) is 7.27. The predicted octanol–water partition coefficient (Wildman–Crippen LogP) is 4.58. The number of aromatic nitrogens is 6. The van der Waals surface area contributed by atoms with E-state index in [0.29, 0.717) is 5.92 Å². The summed E-state index contributed by atoms with van der Waals surface area (Å²) in [5.74, 6) is 2.29. The molecule has 156 valence electrons. The summed E-state index contributed by atoms with van der Waals surface area (Å²) in [6, 6.07) is 4.22. The topological polar surface area (TPSA) is 64.1 Å². The first-order chi connectivity index (χ1) is 13.7. The summed E-state index contributed by atoms with van der Waals surface area (Å²) in [6.07, 6.45) is 2.14. The van der Waals surface area contributed by atoms with Gasteiger partial charge in [0.25, 0.3) is 0 Å². The van der Waals surface area contributed by atoms with Crippen LogP contribution in [-0.4, -0.2) is 36.1 Å². The quantitative estimate of drug-likeness (QED) is 0.624. The maximum Gasteiger partial charge on any atom is 0.178 e. The molecule has 29 heavy (non-hydrogen) atoms. The van der Waals surface area contributed by atoms with Crippen LogP contribution >= 0.6 is 11.6 Å². The number of rotatable bonds is 4. The number of fused-ring (bicyclic) bond motifs is 1. The minimum atomic E-state index is -0.132. The van der Waals surface area contributed by atoms with Crippen molar-refractivity contribution in [3.05, 3.63) is 34.4 Å². The van der Waals surface area contributed by atoms with Gasteiger partial charge in [-0.1, -0.05) is 46.2 Å². The molecule has 8 heteroatoms. The van der Waals surface area contributed by atoms with E-state index in [9.17, 15) is 0 Å². The first-order valence-corrected chi connectivity index (χ1v) is 10.8. The van der Waals surface area contributed by atoms with Gasteiger partial charge in [-0.3, -0.25) is 4.68 Å². The molecule has 1 aliphatic heterocycles. The molecule has 1 atom stereocenters. The zero-order valence-electron chi connectivity index (χ0n) is 18.1. The molecule has 0 bridgehead atoms. The van der Waals surface area contributed by atoms with E-state index in [1.165, 1.54) is 0 Å². The zero-order valence-corrected chi connectivity index (χ0v) is 18.9. The predicted molar refractivity (Wildman–Crippen MR) is 116 cm³/mol. The summed E-state index contributed by atoms with van der Waals surface area (Å²) in [5, 5.41) is 19.1. The van der Waals surface area contributed by atoms with E-state index < -0.39 is 0 Å².